The summed E-state index contributed by atoms with van der Waals surface area (Å²) in [4.78, 5) is 20.9. The first-order chi connectivity index (χ1) is 4.54. The number of primary amides is 1. The maximum atomic E-state index is 10.8. The van der Waals surface area contributed by atoms with Crippen LogP contribution in [0.3, 0.4) is 0 Å². The molecule has 0 spiro atoms. The van der Waals surface area contributed by atoms with Gasteiger partial charge in [0.05, 0.1) is 6.54 Å². The van der Waals surface area contributed by atoms with E-state index in [1.807, 2.05) is 0 Å². The van der Waals surface area contributed by atoms with Gasteiger partial charge in [0.2, 0.25) is 0 Å². The van der Waals surface area contributed by atoms with Gasteiger partial charge in [-0.15, -0.1) is 0 Å². The number of Topliss-reactive ketones (excluding diaryl/α,β-unsaturated/α-hetero) is 1. The Morgan fingerprint density at radius 3 is 2.30 bits per heavy atom. The van der Waals surface area contributed by atoms with E-state index in [0.717, 1.165) is 0 Å². The molecule has 2 amide bonds. The molecule has 0 saturated carbocycles. The van der Waals surface area contributed by atoms with Crippen molar-refractivity contribution in [3.05, 3.63) is 0 Å². The molecule has 0 aliphatic rings. The molecular formula is C6H12N2O2. The van der Waals surface area contributed by atoms with Crippen LogP contribution in [0.15, 0.2) is 0 Å². The zero-order valence-corrected chi connectivity index (χ0v) is 6.18. The fourth-order valence-corrected chi connectivity index (χ4v) is 0.378. The van der Waals surface area contributed by atoms with Crippen molar-refractivity contribution in [2.45, 2.75) is 13.8 Å². The van der Waals surface area contributed by atoms with Crippen molar-refractivity contribution in [3.63, 3.8) is 0 Å². The first kappa shape index (κ1) is 8.94. The number of carbonyl (C=O) groups excluding carboxylic acids is 2. The largest absolute Gasteiger partial charge is 0.352 e. The number of rotatable bonds is 3. The molecule has 0 bridgehead atoms. The number of urea groups is 1. The predicted molar refractivity (Wildman–Crippen MR) is 37.4 cm³/mol. The Hall–Kier alpha value is -1.06. The normalized spacial score (nSPS) is 9.50. The SMILES string of the molecule is CC(C)C(=O)CNC(N)=O. The van der Waals surface area contributed by atoms with Crippen LogP contribution in [-0.2, 0) is 4.79 Å². The molecule has 0 radical (unpaired) electrons. The molecule has 10 heavy (non-hydrogen) atoms. The Kier molecular flexibility index (Phi) is 3.46. The zero-order valence-electron chi connectivity index (χ0n) is 6.18. The van der Waals surface area contributed by atoms with Crippen LogP contribution < -0.4 is 11.1 Å². The molecule has 0 rings (SSSR count). The third-order valence-electron chi connectivity index (χ3n) is 1.08. The van der Waals surface area contributed by atoms with E-state index in [2.05, 4.69) is 5.32 Å². The second-order valence-corrected chi connectivity index (χ2v) is 2.34. The lowest BCUT2D eigenvalue weighted by atomic mass is 10.1. The van der Waals surface area contributed by atoms with Crippen LogP contribution in [0, 0.1) is 5.92 Å². The molecule has 58 valence electrons. The quantitative estimate of drug-likeness (QED) is 0.579. The highest BCUT2D eigenvalue weighted by Crippen LogP contribution is 1.91. The molecule has 0 atom stereocenters. The standard InChI is InChI=1S/C6H12N2O2/c1-4(2)5(9)3-8-6(7)10/h4H,3H2,1-2H3,(H3,7,8,10). The van der Waals surface area contributed by atoms with Crippen molar-refractivity contribution < 1.29 is 9.59 Å². The van der Waals surface area contributed by atoms with Crippen molar-refractivity contribution >= 4 is 11.8 Å². The Bertz CT molecular complexity index is 143. The van der Waals surface area contributed by atoms with E-state index in [1.54, 1.807) is 13.8 Å². The smallest absolute Gasteiger partial charge is 0.312 e. The Balaban J connectivity index is 3.50. The summed E-state index contributed by atoms with van der Waals surface area (Å²) in [5.74, 6) is -0.0642. The van der Waals surface area contributed by atoms with E-state index in [1.165, 1.54) is 0 Å². The van der Waals surface area contributed by atoms with E-state index in [4.69, 9.17) is 5.73 Å². The van der Waals surface area contributed by atoms with Crippen LogP contribution in [-0.4, -0.2) is 18.4 Å². The van der Waals surface area contributed by atoms with Gasteiger partial charge in [-0.25, -0.2) is 4.79 Å². The summed E-state index contributed by atoms with van der Waals surface area (Å²) in [5.41, 5.74) is 4.74. The van der Waals surface area contributed by atoms with E-state index < -0.39 is 6.03 Å². The minimum atomic E-state index is -0.658. The molecule has 0 aromatic rings. The number of nitrogens with two attached hydrogens (primary N) is 1. The van der Waals surface area contributed by atoms with E-state index in [0.29, 0.717) is 0 Å². The summed E-state index contributed by atoms with van der Waals surface area (Å²) in [6.45, 7) is 3.57. The maximum absolute atomic E-state index is 10.8. The number of hydrogen-bond donors (Lipinski definition) is 2. The van der Waals surface area contributed by atoms with Gasteiger partial charge in [-0.2, -0.15) is 0 Å². The minimum absolute atomic E-state index is 0.0150. The molecule has 4 nitrogen and oxygen atoms in total. The lowest BCUT2D eigenvalue weighted by Crippen LogP contribution is -2.35. The summed E-state index contributed by atoms with van der Waals surface area (Å²) >= 11 is 0. The highest BCUT2D eigenvalue weighted by Gasteiger charge is 2.06. The van der Waals surface area contributed by atoms with Gasteiger partial charge in [0.25, 0.3) is 0 Å². The number of carbonyl (C=O) groups is 2. The van der Waals surface area contributed by atoms with Gasteiger partial charge < -0.3 is 11.1 Å². The van der Waals surface area contributed by atoms with Crippen LogP contribution in [0.4, 0.5) is 4.79 Å². The lowest BCUT2D eigenvalue weighted by molar-refractivity contribution is -0.120. The number of ketones is 1. The summed E-state index contributed by atoms with van der Waals surface area (Å²) in [6, 6.07) is -0.658. The molecule has 0 unspecified atom stereocenters. The number of hydrogen-bond acceptors (Lipinski definition) is 2. The van der Waals surface area contributed by atoms with Crippen molar-refractivity contribution in [3.8, 4) is 0 Å². The topological polar surface area (TPSA) is 72.2 Å². The Morgan fingerprint density at radius 1 is 1.50 bits per heavy atom. The third kappa shape index (κ3) is 3.88. The molecule has 3 N–H and O–H groups in total. The molecule has 0 saturated heterocycles. The number of nitrogens with one attached hydrogen (secondary N) is 1. The second-order valence-electron chi connectivity index (χ2n) is 2.34. The van der Waals surface area contributed by atoms with Crippen molar-refractivity contribution in [1.82, 2.24) is 5.32 Å². The molecular weight excluding hydrogens is 132 g/mol. The molecule has 0 heterocycles. The van der Waals surface area contributed by atoms with Gasteiger partial charge in [0, 0.05) is 5.92 Å². The van der Waals surface area contributed by atoms with Gasteiger partial charge in [0.15, 0.2) is 5.78 Å². The molecule has 0 aliphatic carbocycles. The monoisotopic (exact) mass is 144 g/mol. The van der Waals surface area contributed by atoms with Crippen molar-refractivity contribution in [2.75, 3.05) is 6.54 Å². The average Bonchev–Trinajstić information content (AvgIpc) is 1.82. The molecule has 0 aromatic heterocycles. The highest BCUT2D eigenvalue weighted by molar-refractivity contribution is 5.86. The number of amides is 2. The van der Waals surface area contributed by atoms with Gasteiger partial charge in [-0.1, -0.05) is 13.8 Å². The Labute approximate surface area is 59.8 Å². The van der Waals surface area contributed by atoms with Gasteiger partial charge in [-0.3, -0.25) is 4.79 Å². The van der Waals surface area contributed by atoms with E-state index >= 15 is 0 Å². The maximum Gasteiger partial charge on any atom is 0.312 e. The molecule has 0 aromatic carbocycles. The van der Waals surface area contributed by atoms with Crippen LogP contribution in [0.25, 0.3) is 0 Å². The second kappa shape index (κ2) is 3.87. The van der Waals surface area contributed by atoms with Crippen LogP contribution in [0.5, 0.6) is 0 Å². The zero-order chi connectivity index (χ0) is 8.15. The summed E-state index contributed by atoms with van der Waals surface area (Å²) in [5, 5.41) is 2.22. The molecule has 0 fully saturated rings. The van der Waals surface area contributed by atoms with Crippen molar-refractivity contribution in [1.29, 1.82) is 0 Å². The first-order valence-electron chi connectivity index (χ1n) is 3.10. The highest BCUT2D eigenvalue weighted by atomic mass is 16.2. The van der Waals surface area contributed by atoms with E-state index in [9.17, 15) is 9.59 Å². The van der Waals surface area contributed by atoms with Crippen LogP contribution in [0.1, 0.15) is 13.8 Å². The fourth-order valence-electron chi connectivity index (χ4n) is 0.378. The van der Waals surface area contributed by atoms with E-state index in [-0.39, 0.29) is 18.2 Å². The Morgan fingerprint density at radius 2 is 2.00 bits per heavy atom. The predicted octanol–water partition coefficient (Wildman–Crippen LogP) is -0.120. The molecule has 0 aliphatic heterocycles. The van der Waals surface area contributed by atoms with Crippen molar-refractivity contribution in [2.24, 2.45) is 11.7 Å². The summed E-state index contributed by atoms with van der Waals surface area (Å²) in [6.07, 6.45) is 0. The van der Waals surface area contributed by atoms with Gasteiger partial charge in [-0.05, 0) is 0 Å². The summed E-state index contributed by atoms with van der Waals surface area (Å²) in [7, 11) is 0. The summed E-state index contributed by atoms with van der Waals surface area (Å²) < 4.78 is 0. The first-order valence-corrected chi connectivity index (χ1v) is 3.10. The fraction of sp³-hybridized carbons (Fsp3) is 0.667. The van der Waals surface area contributed by atoms with Gasteiger partial charge in [0.1, 0.15) is 0 Å². The average molecular weight is 144 g/mol. The van der Waals surface area contributed by atoms with Crippen LogP contribution >= 0.6 is 0 Å². The third-order valence-corrected chi connectivity index (χ3v) is 1.08. The van der Waals surface area contributed by atoms with Crippen LogP contribution in [0.2, 0.25) is 0 Å². The minimum Gasteiger partial charge on any atom is -0.352 e. The lowest BCUT2D eigenvalue weighted by Gasteiger charge is -2.02. The van der Waals surface area contributed by atoms with Gasteiger partial charge >= 0.3 is 6.03 Å². The molecule has 4 heteroatoms.